The lowest BCUT2D eigenvalue weighted by atomic mass is 10.2. The summed E-state index contributed by atoms with van der Waals surface area (Å²) in [4.78, 5) is 28.5. The van der Waals surface area contributed by atoms with Gasteiger partial charge in [0.25, 0.3) is 11.8 Å². The van der Waals surface area contributed by atoms with Gasteiger partial charge in [-0.15, -0.1) is 11.3 Å². The molecule has 0 radical (unpaired) electrons. The maximum absolute atomic E-state index is 12.4. The molecule has 3 aromatic rings. The van der Waals surface area contributed by atoms with E-state index in [4.69, 9.17) is 11.6 Å². The highest BCUT2D eigenvalue weighted by Gasteiger charge is 2.15. The Hall–Kier alpha value is -2.71. The first-order valence-corrected chi connectivity index (χ1v) is 8.51. The van der Waals surface area contributed by atoms with Crippen LogP contribution >= 0.6 is 22.9 Å². The number of aromatic nitrogens is 3. The summed E-state index contributed by atoms with van der Waals surface area (Å²) in [5.74, 6) is -0.665. The monoisotopic (exact) mass is 375 g/mol. The predicted molar refractivity (Wildman–Crippen MR) is 97.1 cm³/mol. The Morgan fingerprint density at radius 2 is 2.08 bits per heavy atom. The first kappa shape index (κ1) is 17.1. The Morgan fingerprint density at radius 1 is 1.28 bits per heavy atom. The number of aryl methyl sites for hydroxylation is 1. The molecule has 2 N–H and O–H groups in total. The molecule has 0 aliphatic carbocycles. The molecule has 1 aromatic carbocycles. The standard InChI is InChI=1S/C16H14ClN5O2S/c1-18-14(23)9-3-4-11(17)12(5-9)20-15(24)13-8-25-16(21-13)10-6-19-22(2)7-10/h3-8H,1-2H3,(H,18,23)(H,20,24). The molecule has 0 aliphatic heterocycles. The molecule has 128 valence electrons. The second-order valence-corrected chi connectivity index (χ2v) is 6.43. The van der Waals surface area contributed by atoms with Gasteiger partial charge in [-0.1, -0.05) is 11.6 Å². The normalized spacial score (nSPS) is 10.5. The van der Waals surface area contributed by atoms with Crippen molar-refractivity contribution >= 4 is 40.4 Å². The number of hydrogen-bond donors (Lipinski definition) is 2. The third-order valence-corrected chi connectivity index (χ3v) is 4.61. The van der Waals surface area contributed by atoms with Crippen molar-refractivity contribution in [2.24, 2.45) is 7.05 Å². The van der Waals surface area contributed by atoms with Crippen LogP contribution in [0.1, 0.15) is 20.8 Å². The van der Waals surface area contributed by atoms with Gasteiger partial charge in [-0.3, -0.25) is 14.3 Å². The van der Waals surface area contributed by atoms with E-state index in [1.165, 1.54) is 24.5 Å². The molecule has 2 amide bonds. The quantitative estimate of drug-likeness (QED) is 0.733. The summed E-state index contributed by atoms with van der Waals surface area (Å²) < 4.78 is 1.67. The minimum atomic E-state index is -0.401. The van der Waals surface area contributed by atoms with E-state index in [0.29, 0.717) is 21.3 Å². The molecule has 9 heteroatoms. The molecule has 7 nitrogen and oxygen atoms in total. The predicted octanol–water partition coefficient (Wildman–Crippen LogP) is 2.81. The van der Waals surface area contributed by atoms with Crippen molar-refractivity contribution in [3.63, 3.8) is 0 Å². The topological polar surface area (TPSA) is 88.9 Å². The van der Waals surface area contributed by atoms with Gasteiger partial charge in [0.15, 0.2) is 0 Å². The zero-order valence-electron chi connectivity index (χ0n) is 13.4. The molecule has 0 spiro atoms. The molecular weight excluding hydrogens is 362 g/mol. The van der Waals surface area contributed by atoms with Crippen LogP contribution < -0.4 is 10.6 Å². The van der Waals surface area contributed by atoms with Gasteiger partial charge < -0.3 is 10.6 Å². The number of hydrogen-bond acceptors (Lipinski definition) is 5. The molecule has 2 aromatic heterocycles. The maximum Gasteiger partial charge on any atom is 0.275 e. The van der Waals surface area contributed by atoms with Gasteiger partial charge in [0, 0.05) is 36.8 Å². The summed E-state index contributed by atoms with van der Waals surface area (Å²) in [6, 6.07) is 4.66. The van der Waals surface area contributed by atoms with Crippen molar-refractivity contribution in [3.8, 4) is 10.6 Å². The first-order chi connectivity index (χ1) is 12.0. The smallest absolute Gasteiger partial charge is 0.275 e. The summed E-state index contributed by atoms with van der Waals surface area (Å²) in [5, 5.41) is 12.0. The lowest BCUT2D eigenvalue weighted by Gasteiger charge is -2.08. The highest BCUT2D eigenvalue weighted by molar-refractivity contribution is 7.13. The lowest BCUT2D eigenvalue weighted by molar-refractivity contribution is 0.0961. The summed E-state index contributed by atoms with van der Waals surface area (Å²) in [7, 11) is 3.34. The molecule has 25 heavy (non-hydrogen) atoms. The van der Waals surface area contributed by atoms with Crippen LogP contribution in [0.5, 0.6) is 0 Å². The number of rotatable bonds is 4. The van der Waals surface area contributed by atoms with Crippen molar-refractivity contribution in [3.05, 3.63) is 52.3 Å². The van der Waals surface area contributed by atoms with Crippen LogP contribution in [0.4, 0.5) is 5.69 Å². The van der Waals surface area contributed by atoms with E-state index < -0.39 is 5.91 Å². The van der Waals surface area contributed by atoms with E-state index in [1.54, 1.807) is 28.4 Å². The summed E-state index contributed by atoms with van der Waals surface area (Å²) >= 11 is 7.45. The van der Waals surface area contributed by atoms with Crippen LogP contribution in [-0.4, -0.2) is 33.6 Å². The molecule has 0 saturated heterocycles. The van der Waals surface area contributed by atoms with Gasteiger partial charge in [-0.25, -0.2) is 4.98 Å². The summed E-state index contributed by atoms with van der Waals surface area (Å²) in [6.07, 6.45) is 3.51. The SMILES string of the molecule is CNC(=O)c1ccc(Cl)c(NC(=O)c2csc(-c3cnn(C)c3)n2)c1. The molecule has 0 unspecified atom stereocenters. The Bertz CT molecular complexity index is 950. The highest BCUT2D eigenvalue weighted by atomic mass is 35.5. The molecule has 0 atom stereocenters. The molecule has 3 rings (SSSR count). The maximum atomic E-state index is 12.4. The number of carbonyl (C=O) groups excluding carboxylic acids is 2. The number of nitrogens with one attached hydrogen (secondary N) is 2. The van der Waals surface area contributed by atoms with E-state index in [0.717, 1.165) is 5.56 Å². The largest absolute Gasteiger partial charge is 0.355 e. The zero-order valence-corrected chi connectivity index (χ0v) is 15.0. The van der Waals surface area contributed by atoms with Gasteiger partial charge in [0.05, 0.1) is 16.9 Å². The van der Waals surface area contributed by atoms with Crippen molar-refractivity contribution in [2.75, 3.05) is 12.4 Å². The van der Waals surface area contributed by atoms with Crippen LogP contribution in [-0.2, 0) is 7.05 Å². The van der Waals surface area contributed by atoms with E-state index in [-0.39, 0.29) is 11.6 Å². The molecule has 0 aliphatic rings. The van der Waals surface area contributed by atoms with Crippen LogP contribution in [0.15, 0.2) is 36.0 Å². The third kappa shape index (κ3) is 3.70. The van der Waals surface area contributed by atoms with E-state index in [9.17, 15) is 9.59 Å². The minimum Gasteiger partial charge on any atom is -0.355 e. The molecule has 0 fully saturated rings. The zero-order chi connectivity index (χ0) is 18.0. The molecular formula is C16H14ClN5O2S. The van der Waals surface area contributed by atoms with Crippen LogP contribution in [0.3, 0.4) is 0 Å². The number of anilines is 1. The van der Waals surface area contributed by atoms with Crippen LogP contribution in [0.2, 0.25) is 5.02 Å². The number of nitrogens with zero attached hydrogens (tertiary/aromatic N) is 3. The lowest BCUT2D eigenvalue weighted by Crippen LogP contribution is -2.18. The van der Waals surface area contributed by atoms with Crippen molar-refractivity contribution in [1.29, 1.82) is 0 Å². The molecule has 0 bridgehead atoms. The number of amides is 2. The number of carbonyl (C=O) groups is 2. The van der Waals surface area contributed by atoms with Crippen LogP contribution in [0.25, 0.3) is 10.6 Å². The van der Waals surface area contributed by atoms with Gasteiger partial charge in [0.2, 0.25) is 0 Å². The summed E-state index contributed by atoms with van der Waals surface area (Å²) in [5.41, 5.74) is 1.86. The third-order valence-electron chi connectivity index (χ3n) is 3.39. The minimum absolute atomic E-state index is 0.264. The fraction of sp³-hybridized carbons (Fsp3) is 0.125. The number of halogens is 1. The Labute approximate surface area is 152 Å². The average Bonchev–Trinajstić information content (AvgIpc) is 3.25. The number of benzene rings is 1. The first-order valence-electron chi connectivity index (χ1n) is 7.25. The Morgan fingerprint density at radius 3 is 2.76 bits per heavy atom. The van der Waals surface area contributed by atoms with Crippen molar-refractivity contribution in [2.45, 2.75) is 0 Å². The highest BCUT2D eigenvalue weighted by Crippen LogP contribution is 2.26. The Kier molecular flexibility index (Phi) is 4.82. The second kappa shape index (κ2) is 7.04. The molecule has 2 heterocycles. The van der Waals surface area contributed by atoms with Gasteiger partial charge >= 0.3 is 0 Å². The number of thiazole rings is 1. The summed E-state index contributed by atoms with van der Waals surface area (Å²) in [6.45, 7) is 0. The fourth-order valence-electron chi connectivity index (χ4n) is 2.14. The van der Waals surface area contributed by atoms with E-state index >= 15 is 0 Å². The van der Waals surface area contributed by atoms with Crippen molar-refractivity contribution in [1.82, 2.24) is 20.1 Å². The fourth-order valence-corrected chi connectivity index (χ4v) is 3.08. The van der Waals surface area contributed by atoms with Gasteiger partial charge in [0.1, 0.15) is 10.7 Å². The van der Waals surface area contributed by atoms with Crippen LogP contribution in [0, 0.1) is 0 Å². The van der Waals surface area contributed by atoms with Gasteiger partial charge in [-0.05, 0) is 18.2 Å². The molecule has 0 saturated carbocycles. The Balaban J connectivity index is 1.81. The van der Waals surface area contributed by atoms with Gasteiger partial charge in [-0.2, -0.15) is 5.10 Å². The van der Waals surface area contributed by atoms with E-state index in [2.05, 4.69) is 20.7 Å². The second-order valence-electron chi connectivity index (χ2n) is 5.17. The average molecular weight is 376 g/mol. The van der Waals surface area contributed by atoms with Crippen molar-refractivity contribution < 1.29 is 9.59 Å². The van der Waals surface area contributed by atoms with E-state index in [1.807, 2.05) is 13.2 Å².